The summed E-state index contributed by atoms with van der Waals surface area (Å²) in [5.74, 6) is 0.0592. The molecule has 4 heteroatoms. The van der Waals surface area contributed by atoms with Crippen LogP contribution in [0, 0.1) is 5.92 Å². The van der Waals surface area contributed by atoms with E-state index in [9.17, 15) is 8.78 Å². The Labute approximate surface area is 183 Å². The zero-order valence-corrected chi connectivity index (χ0v) is 18.6. The molecule has 0 saturated heterocycles. The first-order valence-electron chi connectivity index (χ1n) is 9.53. The topological polar surface area (TPSA) is 0 Å². The number of rotatable bonds is 5. The van der Waals surface area contributed by atoms with Gasteiger partial charge in [-0.15, -0.1) is 0 Å². The molecule has 146 valence electrons. The molecule has 0 aromatic heterocycles. The third-order valence-electron chi connectivity index (χ3n) is 5.63. The normalized spacial score (nSPS) is 21.9. The first-order chi connectivity index (χ1) is 13.2. The van der Waals surface area contributed by atoms with Crippen LogP contribution in [-0.2, 0) is 0 Å². The molecule has 0 nitrogen and oxygen atoms in total. The molecule has 1 fully saturated rings. The van der Waals surface area contributed by atoms with E-state index in [-0.39, 0.29) is 29.9 Å². The van der Waals surface area contributed by atoms with Crippen LogP contribution in [0.2, 0.25) is 0 Å². The quantitative estimate of drug-likeness (QED) is 0.366. The van der Waals surface area contributed by atoms with Crippen molar-refractivity contribution in [3.8, 4) is 0 Å². The molecule has 1 aliphatic rings. The third-order valence-corrected chi connectivity index (χ3v) is 10.2. The Morgan fingerprint density at radius 1 is 0.607 bits per heavy atom. The van der Waals surface area contributed by atoms with E-state index in [2.05, 4.69) is 72.8 Å². The second kappa shape index (κ2) is 9.45. The molecular formula is C24H24F2IP. The first-order valence-corrected chi connectivity index (χ1v) is 11.5. The fourth-order valence-electron chi connectivity index (χ4n) is 4.38. The number of hydrogen-bond donors (Lipinski definition) is 0. The summed E-state index contributed by atoms with van der Waals surface area (Å²) in [6.07, 6.45) is -1.17. The van der Waals surface area contributed by atoms with E-state index < -0.39 is 19.6 Å². The van der Waals surface area contributed by atoms with Crippen molar-refractivity contribution in [1.29, 1.82) is 0 Å². The monoisotopic (exact) mass is 508 g/mol. The van der Waals surface area contributed by atoms with Crippen molar-refractivity contribution in [2.24, 2.45) is 5.92 Å². The Bertz CT molecular complexity index is 751. The second-order valence-electron chi connectivity index (χ2n) is 7.37. The number of benzene rings is 3. The molecule has 0 radical (unpaired) electrons. The van der Waals surface area contributed by atoms with Crippen LogP contribution in [-0.4, -0.2) is 18.5 Å². The van der Waals surface area contributed by atoms with Crippen molar-refractivity contribution < 1.29 is 32.8 Å². The average Bonchev–Trinajstić information content (AvgIpc) is 3.05. The summed E-state index contributed by atoms with van der Waals surface area (Å²) in [6, 6.07) is 31.6. The number of alkyl halides is 2. The highest BCUT2D eigenvalue weighted by molar-refractivity contribution is 7.95. The maximum atomic E-state index is 14.0. The molecule has 3 aromatic rings. The molecule has 0 aliphatic heterocycles. The predicted octanol–water partition coefficient (Wildman–Crippen LogP) is 2.07. The molecule has 4 rings (SSSR count). The molecule has 1 unspecified atom stereocenters. The summed E-state index contributed by atoms with van der Waals surface area (Å²) < 4.78 is 28.0. The molecule has 3 aromatic carbocycles. The molecule has 0 N–H and O–H groups in total. The third kappa shape index (κ3) is 4.16. The van der Waals surface area contributed by atoms with Gasteiger partial charge in [0, 0.05) is 0 Å². The fourth-order valence-corrected chi connectivity index (χ4v) is 9.02. The highest BCUT2D eigenvalue weighted by atomic mass is 127. The zero-order chi connectivity index (χ0) is 18.7. The van der Waals surface area contributed by atoms with Gasteiger partial charge in [0.15, 0.2) is 0 Å². The second-order valence-corrected chi connectivity index (χ2v) is 10.9. The van der Waals surface area contributed by atoms with E-state index >= 15 is 0 Å². The SMILES string of the molecule is F[C@@H]1CC(C[P+](c2ccccc2)(c2ccccc2)c2ccccc2)C[C@@H]1F.[I-]. The maximum Gasteiger partial charge on any atom is 0.132 e. The highest BCUT2D eigenvalue weighted by Gasteiger charge is 2.49. The minimum atomic E-state index is -1.99. The molecule has 0 amide bonds. The average molecular weight is 508 g/mol. The molecular weight excluding hydrogens is 484 g/mol. The van der Waals surface area contributed by atoms with Crippen LogP contribution >= 0.6 is 7.26 Å². The standard InChI is InChI=1S/C24H24F2P.HI/c25-23-16-19(17-24(23)26)18-27(20-10-4-1-5-11-20,21-12-6-2-7-13-21)22-14-8-3-9-15-22;/h1-15,19,23-24H,16-18H2;1H/q+1;/p-1/t19?,23-,24+;. The van der Waals surface area contributed by atoms with Crippen LogP contribution < -0.4 is 39.9 Å². The first kappa shape index (κ1) is 21.4. The summed E-state index contributed by atoms with van der Waals surface area (Å²) in [4.78, 5) is 0. The highest BCUT2D eigenvalue weighted by Crippen LogP contribution is 2.58. The van der Waals surface area contributed by atoms with Crippen molar-refractivity contribution in [1.82, 2.24) is 0 Å². The minimum absolute atomic E-state index is 0. The Balaban J connectivity index is 0.00000225. The summed E-state index contributed by atoms with van der Waals surface area (Å²) >= 11 is 0. The van der Waals surface area contributed by atoms with Crippen LogP contribution in [0.5, 0.6) is 0 Å². The van der Waals surface area contributed by atoms with Crippen LogP contribution in [0.1, 0.15) is 12.8 Å². The summed E-state index contributed by atoms with van der Waals surface area (Å²) in [7, 11) is -1.99. The Hall–Kier alpha value is -1.32. The van der Waals surface area contributed by atoms with Gasteiger partial charge in [0.25, 0.3) is 0 Å². The molecule has 28 heavy (non-hydrogen) atoms. The van der Waals surface area contributed by atoms with E-state index in [1.807, 2.05) is 18.2 Å². The van der Waals surface area contributed by atoms with Crippen molar-refractivity contribution in [3.63, 3.8) is 0 Å². The predicted molar refractivity (Wildman–Crippen MR) is 113 cm³/mol. The van der Waals surface area contributed by atoms with E-state index in [4.69, 9.17) is 0 Å². The van der Waals surface area contributed by atoms with Gasteiger partial charge < -0.3 is 24.0 Å². The van der Waals surface area contributed by atoms with E-state index in [0.29, 0.717) is 12.8 Å². The fraction of sp³-hybridized carbons (Fsp3) is 0.250. The van der Waals surface area contributed by atoms with Gasteiger partial charge in [0.1, 0.15) is 35.5 Å². The summed E-state index contributed by atoms with van der Waals surface area (Å²) in [6.45, 7) is 0. The van der Waals surface area contributed by atoms with Gasteiger partial charge in [-0.25, -0.2) is 8.78 Å². The molecule has 1 saturated carbocycles. The van der Waals surface area contributed by atoms with Gasteiger partial charge in [-0.1, -0.05) is 54.6 Å². The Morgan fingerprint density at radius 2 is 0.929 bits per heavy atom. The lowest BCUT2D eigenvalue weighted by atomic mass is 10.1. The van der Waals surface area contributed by atoms with Crippen LogP contribution in [0.4, 0.5) is 8.78 Å². The van der Waals surface area contributed by atoms with Crippen LogP contribution in [0.3, 0.4) is 0 Å². The smallest absolute Gasteiger partial charge is 0.132 e. The van der Waals surface area contributed by atoms with Crippen molar-refractivity contribution in [2.75, 3.05) is 6.16 Å². The largest absolute Gasteiger partial charge is 1.00 e. The van der Waals surface area contributed by atoms with Gasteiger partial charge >= 0.3 is 0 Å². The van der Waals surface area contributed by atoms with Gasteiger partial charge in [0.2, 0.25) is 0 Å². The van der Waals surface area contributed by atoms with Crippen LogP contribution in [0.25, 0.3) is 0 Å². The summed E-state index contributed by atoms with van der Waals surface area (Å²) in [5.41, 5.74) is 0. The van der Waals surface area contributed by atoms with E-state index in [1.54, 1.807) is 0 Å². The lowest BCUT2D eigenvalue weighted by Gasteiger charge is -2.29. The van der Waals surface area contributed by atoms with E-state index in [0.717, 1.165) is 6.16 Å². The minimum Gasteiger partial charge on any atom is -1.00 e. The Kier molecular flexibility index (Phi) is 7.22. The van der Waals surface area contributed by atoms with Crippen LogP contribution in [0.15, 0.2) is 91.0 Å². The van der Waals surface area contributed by atoms with Gasteiger partial charge in [-0.3, -0.25) is 0 Å². The lowest BCUT2D eigenvalue weighted by Crippen LogP contribution is -3.00. The molecule has 1 aliphatic carbocycles. The number of halogens is 3. The zero-order valence-electron chi connectivity index (χ0n) is 15.6. The number of hydrogen-bond acceptors (Lipinski definition) is 0. The molecule has 3 atom stereocenters. The molecule has 0 spiro atoms. The Morgan fingerprint density at radius 3 is 1.25 bits per heavy atom. The van der Waals surface area contributed by atoms with Gasteiger partial charge in [-0.05, 0) is 55.2 Å². The van der Waals surface area contributed by atoms with Gasteiger partial charge in [-0.2, -0.15) is 0 Å². The van der Waals surface area contributed by atoms with E-state index in [1.165, 1.54) is 15.9 Å². The molecule has 0 heterocycles. The van der Waals surface area contributed by atoms with Crippen molar-refractivity contribution >= 4 is 23.2 Å². The summed E-state index contributed by atoms with van der Waals surface area (Å²) in [5, 5.41) is 3.83. The van der Waals surface area contributed by atoms with Crippen molar-refractivity contribution in [2.45, 2.75) is 25.2 Å². The molecule has 0 bridgehead atoms. The van der Waals surface area contributed by atoms with Gasteiger partial charge in [0.05, 0.1) is 6.16 Å². The van der Waals surface area contributed by atoms with Crippen molar-refractivity contribution in [3.05, 3.63) is 91.0 Å². The maximum absolute atomic E-state index is 14.0. The lowest BCUT2D eigenvalue weighted by molar-refractivity contribution is -0.00000661.